The van der Waals surface area contributed by atoms with Crippen LogP contribution < -0.4 is 5.32 Å². The molecule has 0 aliphatic heterocycles. The van der Waals surface area contributed by atoms with Gasteiger partial charge in [-0.25, -0.2) is 9.59 Å². The Balaban J connectivity index is 2.40. The molecule has 0 fully saturated rings. The van der Waals surface area contributed by atoms with Crippen LogP contribution in [0.5, 0.6) is 0 Å². The third kappa shape index (κ3) is 6.59. The molecule has 0 saturated heterocycles. The molecule has 2 amide bonds. The van der Waals surface area contributed by atoms with E-state index in [1.807, 2.05) is 17.5 Å². The molecular formula is C22H28N2O5S. The summed E-state index contributed by atoms with van der Waals surface area (Å²) in [6.45, 7) is 7.04. The molecule has 162 valence electrons. The number of carbonyl (C=O) groups is 3. The summed E-state index contributed by atoms with van der Waals surface area (Å²) in [6, 6.07) is 10.3. The van der Waals surface area contributed by atoms with Gasteiger partial charge in [0.05, 0.1) is 6.54 Å². The van der Waals surface area contributed by atoms with Gasteiger partial charge in [0, 0.05) is 4.88 Å². The molecule has 2 aromatic rings. The van der Waals surface area contributed by atoms with E-state index in [9.17, 15) is 19.5 Å². The third-order valence-corrected chi connectivity index (χ3v) is 5.14. The van der Waals surface area contributed by atoms with Crippen LogP contribution in [0, 0.1) is 0 Å². The van der Waals surface area contributed by atoms with E-state index in [4.69, 9.17) is 4.74 Å². The van der Waals surface area contributed by atoms with E-state index >= 15 is 0 Å². The minimum absolute atomic E-state index is 0.140. The Morgan fingerprint density at radius 2 is 1.80 bits per heavy atom. The van der Waals surface area contributed by atoms with E-state index in [-0.39, 0.29) is 13.0 Å². The Labute approximate surface area is 180 Å². The van der Waals surface area contributed by atoms with Crippen LogP contribution in [0.3, 0.4) is 0 Å². The Morgan fingerprint density at radius 1 is 1.13 bits per heavy atom. The first-order valence-electron chi connectivity index (χ1n) is 9.72. The van der Waals surface area contributed by atoms with Crippen molar-refractivity contribution in [2.75, 3.05) is 0 Å². The number of carboxylic acids is 1. The van der Waals surface area contributed by atoms with Gasteiger partial charge in [-0.3, -0.25) is 4.79 Å². The number of carbonyl (C=O) groups excluding carboxylic acids is 2. The zero-order chi connectivity index (χ0) is 22.3. The summed E-state index contributed by atoms with van der Waals surface area (Å²) in [7, 11) is 0. The summed E-state index contributed by atoms with van der Waals surface area (Å²) in [5.41, 5.74) is -0.192. The maximum atomic E-state index is 13.6. The van der Waals surface area contributed by atoms with Crippen molar-refractivity contribution in [1.29, 1.82) is 0 Å². The fraction of sp³-hybridized carbons (Fsp3) is 0.409. The Morgan fingerprint density at radius 3 is 2.30 bits per heavy atom. The summed E-state index contributed by atoms with van der Waals surface area (Å²) < 4.78 is 5.32. The lowest BCUT2D eigenvalue weighted by Crippen LogP contribution is -2.50. The molecular weight excluding hydrogens is 404 g/mol. The summed E-state index contributed by atoms with van der Waals surface area (Å²) in [5, 5.41) is 14.2. The molecule has 2 atom stereocenters. The topological polar surface area (TPSA) is 95.9 Å². The van der Waals surface area contributed by atoms with Gasteiger partial charge in [0.15, 0.2) is 0 Å². The summed E-state index contributed by atoms with van der Waals surface area (Å²) in [6.07, 6.45) is -0.510. The van der Waals surface area contributed by atoms with Crippen LogP contribution >= 0.6 is 11.3 Å². The van der Waals surface area contributed by atoms with E-state index in [1.165, 1.54) is 16.2 Å². The van der Waals surface area contributed by atoms with Crippen molar-refractivity contribution in [3.05, 3.63) is 58.3 Å². The van der Waals surface area contributed by atoms with Crippen molar-refractivity contribution in [3.63, 3.8) is 0 Å². The Hall–Kier alpha value is -2.87. The number of hydrogen-bond donors (Lipinski definition) is 2. The largest absolute Gasteiger partial charge is 0.480 e. The fourth-order valence-corrected chi connectivity index (χ4v) is 3.67. The standard InChI is InChI=1S/C22H28N2O5S/c1-5-17(20(26)27)24(14-16-12-9-13-30-16)19(25)18(15-10-7-6-8-11-15)23-21(28)29-22(2,3)4/h6-13,17-18H,5,14H2,1-4H3,(H,23,28)(H,26,27)/t17-,18?/m1/s1. The number of aliphatic carboxylic acids is 1. The molecule has 0 spiro atoms. The third-order valence-electron chi connectivity index (χ3n) is 4.28. The van der Waals surface area contributed by atoms with Gasteiger partial charge in [-0.2, -0.15) is 0 Å². The van der Waals surface area contributed by atoms with Gasteiger partial charge in [0.2, 0.25) is 0 Å². The predicted octanol–water partition coefficient (Wildman–Crippen LogP) is 4.21. The Bertz CT molecular complexity index is 846. The zero-order valence-electron chi connectivity index (χ0n) is 17.6. The van der Waals surface area contributed by atoms with Crippen molar-refractivity contribution in [1.82, 2.24) is 10.2 Å². The molecule has 0 aliphatic rings. The molecule has 0 bridgehead atoms. The maximum Gasteiger partial charge on any atom is 0.408 e. The molecule has 0 radical (unpaired) electrons. The van der Waals surface area contributed by atoms with Crippen LogP contribution in [0.15, 0.2) is 47.8 Å². The highest BCUT2D eigenvalue weighted by atomic mass is 32.1. The first-order valence-corrected chi connectivity index (χ1v) is 10.6. The highest BCUT2D eigenvalue weighted by molar-refractivity contribution is 7.09. The number of hydrogen-bond acceptors (Lipinski definition) is 5. The molecule has 30 heavy (non-hydrogen) atoms. The lowest BCUT2D eigenvalue weighted by Gasteiger charge is -2.32. The van der Waals surface area contributed by atoms with E-state index < -0.39 is 35.7 Å². The number of rotatable bonds is 8. The van der Waals surface area contributed by atoms with Gasteiger partial charge in [0.1, 0.15) is 17.7 Å². The fourth-order valence-electron chi connectivity index (χ4n) is 2.96. The molecule has 1 aromatic heterocycles. The van der Waals surface area contributed by atoms with Crippen LogP contribution in [0.4, 0.5) is 4.79 Å². The molecule has 1 heterocycles. The van der Waals surface area contributed by atoms with Crippen molar-refractivity contribution < 1.29 is 24.2 Å². The monoisotopic (exact) mass is 432 g/mol. The average Bonchev–Trinajstić information content (AvgIpc) is 3.17. The molecule has 1 aromatic carbocycles. The van der Waals surface area contributed by atoms with Gasteiger partial charge < -0.3 is 20.1 Å². The molecule has 7 nitrogen and oxygen atoms in total. The van der Waals surface area contributed by atoms with Gasteiger partial charge in [-0.1, -0.05) is 43.3 Å². The van der Waals surface area contributed by atoms with Crippen LogP contribution in [0.25, 0.3) is 0 Å². The molecule has 0 aliphatic carbocycles. The zero-order valence-corrected chi connectivity index (χ0v) is 18.4. The van der Waals surface area contributed by atoms with Crippen LogP contribution in [0.1, 0.15) is 50.6 Å². The molecule has 8 heteroatoms. The van der Waals surface area contributed by atoms with Gasteiger partial charge in [-0.15, -0.1) is 11.3 Å². The summed E-state index contributed by atoms with van der Waals surface area (Å²) >= 11 is 1.44. The van der Waals surface area contributed by atoms with E-state index in [0.717, 1.165) is 4.88 Å². The first-order chi connectivity index (χ1) is 14.1. The van der Waals surface area contributed by atoms with E-state index in [2.05, 4.69) is 5.32 Å². The SMILES string of the molecule is CC[C@H](C(=O)O)N(Cc1cccs1)C(=O)C(NC(=O)OC(C)(C)C)c1ccccc1. The molecule has 0 saturated carbocycles. The van der Waals surface area contributed by atoms with Gasteiger partial charge in [-0.05, 0) is 44.2 Å². The van der Waals surface area contributed by atoms with Gasteiger partial charge in [0.25, 0.3) is 5.91 Å². The average molecular weight is 433 g/mol. The predicted molar refractivity (Wildman–Crippen MR) is 115 cm³/mol. The van der Waals surface area contributed by atoms with Crippen LogP contribution in [-0.2, 0) is 20.9 Å². The minimum atomic E-state index is -1.09. The second-order valence-corrected chi connectivity index (χ2v) is 8.83. The van der Waals surface area contributed by atoms with Gasteiger partial charge >= 0.3 is 12.1 Å². The summed E-state index contributed by atoms with van der Waals surface area (Å²) in [4.78, 5) is 40.0. The number of amides is 2. The van der Waals surface area contributed by atoms with Crippen LogP contribution in [-0.4, -0.2) is 39.6 Å². The van der Waals surface area contributed by atoms with E-state index in [1.54, 1.807) is 58.0 Å². The lowest BCUT2D eigenvalue weighted by molar-refractivity contribution is -0.152. The normalized spacial score (nSPS) is 13.2. The number of carboxylic acid groups (broad SMARTS) is 1. The number of alkyl carbamates (subject to hydrolysis) is 1. The highest BCUT2D eigenvalue weighted by Crippen LogP contribution is 2.23. The van der Waals surface area contributed by atoms with E-state index in [0.29, 0.717) is 5.56 Å². The van der Waals surface area contributed by atoms with Crippen molar-refractivity contribution in [2.24, 2.45) is 0 Å². The quantitative estimate of drug-likeness (QED) is 0.652. The number of nitrogens with one attached hydrogen (secondary N) is 1. The Kier molecular flexibility index (Phi) is 8.00. The molecule has 1 unspecified atom stereocenters. The van der Waals surface area contributed by atoms with Crippen molar-refractivity contribution >= 4 is 29.3 Å². The highest BCUT2D eigenvalue weighted by Gasteiger charge is 2.35. The van der Waals surface area contributed by atoms with Crippen molar-refractivity contribution in [2.45, 2.75) is 58.3 Å². The van der Waals surface area contributed by atoms with Crippen molar-refractivity contribution in [3.8, 4) is 0 Å². The first kappa shape index (κ1) is 23.4. The smallest absolute Gasteiger partial charge is 0.408 e. The number of ether oxygens (including phenoxy) is 1. The summed E-state index contributed by atoms with van der Waals surface area (Å²) in [5.74, 6) is -1.60. The second kappa shape index (κ2) is 10.2. The molecule has 2 rings (SSSR count). The lowest BCUT2D eigenvalue weighted by atomic mass is 10.0. The number of benzene rings is 1. The minimum Gasteiger partial charge on any atom is -0.480 e. The number of nitrogens with zero attached hydrogens (tertiary/aromatic N) is 1. The maximum absolute atomic E-state index is 13.6. The number of thiophene rings is 1. The molecule has 2 N–H and O–H groups in total. The second-order valence-electron chi connectivity index (χ2n) is 7.80. The van der Waals surface area contributed by atoms with Crippen LogP contribution in [0.2, 0.25) is 0 Å².